The smallest absolute Gasteiger partial charge is 0.332 e. The number of rotatable bonds is 3. The predicted molar refractivity (Wildman–Crippen MR) is 95.7 cm³/mol. The van der Waals surface area contributed by atoms with Crippen molar-refractivity contribution in [2.24, 2.45) is 34.5 Å². The first-order valence-electron chi connectivity index (χ1n) is 9.77. The maximum Gasteiger partial charge on any atom is 0.332 e. The van der Waals surface area contributed by atoms with Gasteiger partial charge in [0.1, 0.15) is 18.5 Å². The molecule has 3 fully saturated rings. The summed E-state index contributed by atoms with van der Waals surface area (Å²) in [6, 6.07) is 0. The van der Waals surface area contributed by atoms with Gasteiger partial charge in [-0.15, -0.1) is 6.58 Å². The molecule has 1 N–H and O–H groups in total. The number of aliphatic hydroxyl groups excluding tert-OH is 1. The third-order valence-corrected chi connectivity index (χ3v) is 8.19. The van der Waals surface area contributed by atoms with Crippen LogP contribution in [0.25, 0.3) is 0 Å². The van der Waals surface area contributed by atoms with E-state index in [2.05, 4.69) is 27.4 Å². The zero-order valence-corrected chi connectivity index (χ0v) is 15.8. The summed E-state index contributed by atoms with van der Waals surface area (Å²) in [6.45, 7) is 9.92. The van der Waals surface area contributed by atoms with E-state index >= 15 is 0 Å². The molecule has 0 aromatic heterocycles. The third-order valence-electron chi connectivity index (χ3n) is 8.19. The zero-order chi connectivity index (χ0) is 18.4. The van der Waals surface area contributed by atoms with Gasteiger partial charge in [0.2, 0.25) is 0 Å². The summed E-state index contributed by atoms with van der Waals surface area (Å²) in [6.07, 6.45) is 7.37. The van der Waals surface area contributed by atoms with E-state index < -0.39 is 12.6 Å². The van der Waals surface area contributed by atoms with E-state index in [0.29, 0.717) is 18.3 Å². The lowest BCUT2D eigenvalue weighted by molar-refractivity contribution is -0.189. The van der Waals surface area contributed by atoms with Crippen LogP contribution in [-0.4, -0.2) is 29.6 Å². The van der Waals surface area contributed by atoms with Crippen LogP contribution in [0.4, 0.5) is 0 Å². The summed E-state index contributed by atoms with van der Waals surface area (Å²) < 4.78 is 5.77. The predicted octanol–water partition coefficient (Wildman–Crippen LogP) is 3.52. The van der Waals surface area contributed by atoms with Crippen molar-refractivity contribution < 1.29 is 19.4 Å². The van der Waals surface area contributed by atoms with Crippen LogP contribution in [0.15, 0.2) is 12.7 Å². The SMILES string of the molecule is C=C[C@@H]1C[C@@H](OC(=O)CO)[C@]2(C)C(C)CC[C@]3(CCCC32)[C@@H](C)C1=O. The molecule has 140 valence electrons. The van der Waals surface area contributed by atoms with E-state index in [4.69, 9.17) is 4.74 Å². The number of aliphatic hydroxyl groups is 1. The van der Waals surface area contributed by atoms with Crippen LogP contribution in [-0.2, 0) is 14.3 Å². The third kappa shape index (κ3) is 2.59. The number of carbonyl (C=O) groups excluding carboxylic acids is 2. The Balaban J connectivity index is 2.11. The van der Waals surface area contributed by atoms with Crippen molar-refractivity contribution in [2.75, 3.05) is 6.61 Å². The van der Waals surface area contributed by atoms with E-state index in [9.17, 15) is 14.7 Å². The largest absolute Gasteiger partial charge is 0.460 e. The molecule has 0 spiro atoms. The van der Waals surface area contributed by atoms with Crippen molar-refractivity contribution >= 4 is 11.8 Å². The number of Topliss-reactive ketones (excluding diaryl/α,β-unsaturated/α-hetero) is 1. The fourth-order valence-electron chi connectivity index (χ4n) is 6.53. The quantitative estimate of drug-likeness (QED) is 0.626. The highest BCUT2D eigenvalue weighted by molar-refractivity contribution is 5.86. The Morgan fingerprint density at radius 3 is 2.72 bits per heavy atom. The number of hydrogen-bond acceptors (Lipinski definition) is 4. The molecule has 0 aromatic carbocycles. The molecule has 3 saturated carbocycles. The topological polar surface area (TPSA) is 63.6 Å². The number of carbonyl (C=O) groups is 2. The minimum atomic E-state index is -0.611. The maximum atomic E-state index is 13.2. The lowest BCUT2D eigenvalue weighted by Crippen LogP contribution is -2.59. The monoisotopic (exact) mass is 348 g/mol. The van der Waals surface area contributed by atoms with Crippen LogP contribution in [0.1, 0.15) is 59.3 Å². The van der Waals surface area contributed by atoms with Crippen LogP contribution >= 0.6 is 0 Å². The summed E-state index contributed by atoms with van der Waals surface area (Å²) >= 11 is 0. The summed E-state index contributed by atoms with van der Waals surface area (Å²) in [5.74, 6) is 0.231. The lowest BCUT2D eigenvalue weighted by Gasteiger charge is -2.60. The Bertz CT molecular complexity index is 570. The Hall–Kier alpha value is -1.16. The van der Waals surface area contributed by atoms with E-state index in [1.165, 1.54) is 0 Å². The first-order valence-corrected chi connectivity index (χ1v) is 9.77. The van der Waals surface area contributed by atoms with E-state index in [0.717, 1.165) is 32.1 Å². The molecule has 4 nitrogen and oxygen atoms in total. The summed E-state index contributed by atoms with van der Waals surface area (Å²) in [7, 11) is 0. The Labute approximate surface area is 151 Å². The number of ether oxygens (including phenoxy) is 1. The molecule has 0 amide bonds. The van der Waals surface area contributed by atoms with E-state index in [1.54, 1.807) is 6.08 Å². The van der Waals surface area contributed by atoms with Gasteiger partial charge in [-0.3, -0.25) is 4.79 Å². The standard InChI is InChI=1S/C21H32O4/c1-5-15-11-17(25-18(23)12-22)20(4)13(2)8-10-21(14(3)19(15)24)9-6-7-16(20)21/h5,13-17,22H,1,6-12H2,2-4H3/t13?,14-,15+,16?,17+,20+,21+/m0/s1. The molecule has 25 heavy (non-hydrogen) atoms. The lowest BCUT2D eigenvalue weighted by atomic mass is 9.45. The minimum Gasteiger partial charge on any atom is -0.460 e. The highest BCUT2D eigenvalue weighted by Crippen LogP contribution is 2.67. The molecule has 0 heterocycles. The van der Waals surface area contributed by atoms with Crippen molar-refractivity contribution in [3.63, 3.8) is 0 Å². The summed E-state index contributed by atoms with van der Waals surface area (Å²) in [5, 5.41) is 9.21. The van der Waals surface area contributed by atoms with Gasteiger partial charge in [-0.25, -0.2) is 4.79 Å². The molecule has 0 saturated heterocycles. The van der Waals surface area contributed by atoms with Crippen LogP contribution in [0, 0.1) is 34.5 Å². The second-order valence-electron chi connectivity index (χ2n) is 8.82. The van der Waals surface area contributed by atoms with Crippen LogP contribution in [0.3, 0.4) is 0 Å². The van der Waals surface area contributed by atoms with Gasteiger partial charge in [-0.05, 0) is 49.4 Å². The molecule has 4 heteroatoms. The Morgan fingerprint density at radius 1 is 1.36 bits per heavy atom. The first kappa shape index (κ1) is 18.6. The zero-order valence-electron chi connectivity index (χ0n) is 15.8. The van der Waals surface area contributed by atoms with Crippen molar-refractivity contribution in [1.82, 2.24) is 0 Å². The molecule has 0 radical (unpaired) electrons. The molecule has 3 aliphatic carbocycles. The first-order chi connectivity index (χ1) is 11.8. The van der Waals surface area contributed by atoms with E-state index in [-0.39, 0.29) is 34.6 Å². The van der Waals surface area contributed by atoms with Crippen LogP contribution < -0.4 is 0 Å². The van der Waals surface area contributed by atoms with Crippen molar-refractivity contribution in [3.05, 3.63) is 12.7 Å². The molecule has 0 aliphatic heterocycles. The summed E-state index contributed by atoms with van der Waals surface area (Å²) in [4.78, 5) is 25.1. The molecule has 3 aliphatic rings. The number of ketones is 1. The Kier molecular flexibility index (Phi) is 4.87. The fraction of sp³-hybridized carbons (Fsp3) is 0.810. The highest BCUT2D eigenvalue weighted by atomic mass is 16.6. The van der Waals surface area contributed by atoms with Gasteiger partial charge in [0.15, 0.2) is 0 Å². The average molecular weight is 348 g/mol. The average Bonchev–Trinajstić information content (AvgIpc) is 3.05. The number of esters is 1. The molecule has 2 unspecified atom stereocenters. The van der Waals surface area contributed by atoms with Gasteiger partial charge in [0.25, 0.3) is 0 Å². The van der Waals surface area contributed by atoms with Crippen molar-refractivity contribution in [1.29, 1.82) is 0 Å². The van der Waals surface area contributed by atoms with Gasteiger partial charge < -0.3 is 9.84 Å². The van der Waals surface area contributed by atoms with Gasteiger partial charge in [0.05, 0.1) is 0 Å². The molecule has 2 bridgehead atoms. The van der Waals surface area contributed by atoms with Gasteiger partial charge in [0, 0.05) is 17.3 Å². The van der Waals surface area contributed by atoms with Crippen LogP contribution in [0.2, 0.25) is 0 Å². The van der Waals surface area contributed by atoms with Gasteiger partial charge in [-0.2, -0.15) is 0 Å². The maximum absolute atomic E-state index is 13.2. The number of hydrogen-bond donors (Lipinski definition) is 1. The molecular weight excluding hydrogens is 316 g/mol. The van der Waals surface area contributed by atoms with Crippen molar-refractivity contribution in [3.8, 4) is 0 Å². The van der Waals surface area contributed by atoms with Gasteiger partial charge >= 0.3 is 5.97 Å². The van der Waals surface area contributed by atoms with Crippen molar-refractivity contribution in [2.45, 2.75) is 65.4 Å². The fourth-order valence-corrected chi connectivity index (χ4v) is 6.53. The molecular formula is C21H32O4. The Morgan fingerprint density at radius 2 is 2.08 bits per heavy atom. The molecule has 3 rings (SSSR count). The molecule has 7 atom stereocenters. The number of allylic oxidation sites excluding steroid dienone is 1. The highest BCUT2D eigenvalue weighted by Gasteiger charge is 2.64. The normalized spacial score (nSPS) is 46.7. The summed E-state index contributed by atoms with van der Waals surface area (Å²) in [5.41, 5.74) is -0.125. The van der Waals surface area contributed by atoms with Gasteiger partial charge in [-0.1, -0.05) is 33.3 Å². The second-order valence-corrected chi connectivity index (χ2v) is 8.82. The van der Waals surface area contributed by atoms with Crippen LogP contribution in [0.5, 0.6) is 0 Å². The second kappa shape index (κ2) is 6.53. The minimum absolute atomic E-state index is 0.0316. The molecule has 0 aromatic rings. The van der Waals surface area contributed by atoms with E-state index in [1.807, 2.05) is 0 Å².